The molecule has 5 nitrogen and oxygen atoms in total. The van der Waals surface area contributed by atoms with E-state index in [0.717, 1.165) is 23.1 Å². The molecule has 0 aliphatic rings. The fourth-order valence-electron chi connectivity index (χ4n) is 2.50. The van der Waals surface area contributed by atoms with Gasteiger partial charge >= 0.3 is 0 Å². The third kappa shape index (κ3) is 3.26. The summed E-state index contributed by atoms with van der Waals surface area (Å²) in [6, 6.07) is 11.9. The highest BCUT2D eigenvalue weighted by molar-refractivity contribution is 5.48. The van der Waals surface area contributed by atoms with E-state index in [1.54, 1.807) is 12.1 Å². The number of benzene rings is 2. The predicted octanol–water partition coefficient (Wildman–Crippen LogP) is 3.60. The summed E-state index contributed by atoms with van der Waals surface area (Å²) in [6.45, 7) is 4.46. The Hall–Kier alpha value is -2.40. The molecule has 0 fully saturated rings. The Bertz CT molecular complexity index is 671. The van der Waals surface area contributed by atoms with E-state index in [4.69, 9.17) is 10.5 Å². The molecule has 0 bridgehead atoms. The van der Waals surface area contributed by atoms with E-state index in [0.29, 0.717) is 12.4 Å². The number of hydrogen-bond acceptors (Lipinski definition) is 4. The van der Waals surface area contributed by atoms with Gasteiger partial charge in [-0.3, -0.25) is 10.1 Å². The number of aryl methyl sites for hydroxylation is 1. The van der Waals surface area contributed by atoms with E-state index >= 15 is 0 Å². The van der Waals surface area contributed by atoms with Crippen molar-refractivity contribution >= 4 is 5.69 Å². The van der Waals surface area contributed by atoms with Crippen LogP contribution in [0.2, 0.25) is 0 Å². The average molecular weight is 300 g/mol. The lowest BCUT2D eigenvalue weighted by Crippen LogP contribution is -2.15. The van der Waals surface area contributed by atoms with Crippen molar-refractivity contribution in [3.8, 4) is 5.75 Å². The van der Waals surface area contributed by atoms with Crippen molar-refractivity contribution in [1.29, 1.82) is 0 Å². The molecular weight excluding hydrogens is 280 g/mol. The molecule has 1 atom stereocenters. The fourth-order valence-corrected chi connectivity index (χ4v) is 2.50. The van der Waals surface area contributed by atoms with Gasteiger partial charge in [0.2, 0.25) is 0 Å². The van der Waals surface area contributed by atoms with Crippen LogP contribution in [0.1, 0.15) is 36.6 Å². The molecule has 0 heterocycles. The van der Waals surface area contributed by atoms with Gasteiger partial charge in [-0.2, -0.15) is 0 Å². The molecule has 0 aromatic heterocycles. The van der Waals surface area contributed by atoms with E-state index in [2.05, 4.69) is 0 Å². The summed E-state index contributed by atoms with van der Waals surface area (Å²) in [7, 11) is 0. The van der Waals surface area contributed by atoms with Crippen LogP contribution in [0.25, 0.3) is 0 Å². The van der Waals surface area contributed by atoms with Crippen LogP contribution in [0, 0.1) is 10.1 Å². The van der Waals surface area contributed by atoms with Crippen LogP contribution in [0.3, 0.4) is 0 Å². The Balaban J connectivity index is 2.50. The van der Waals surface area contributed by atoms with Gasteiger partial charge < -0.3 is 10.5 Å². The molecule has 0 spiro atoms. The van der Waals surface area contributed by atoms with Crippen LogP contribution < -0.4 is 10.5 Å². The van der Waals surface area contributed by atoms with E-state index in [9.17, 15) is 10.1 Å². The molecule has 0 amide bonds. The van der Waals surface area contributed by atoms with Gasteiger partial charge in [-0.05, 0) is 30.5 Å². The average Bonchev–Trinajstić information content (AvgIpc) is 2.54. The van der Waals surface area contributed by atoms with Gasteiger partial charge in [-0.15, -0.1) is 0 Å². The quantitative estimate of drug-likeness (QED) is 0.653. The summed E-state index contributed by atoms with van der Waals surface area (Å²) in [5, 5.41) is 11.0. The SMILES string of the molecule is CCOc1ccccc1C(N)c1cc([N+](=O)[O-])ccc1CC. The lowest BCUT2D eigenvalue weighted by atomic mass is 9.93. The molecular formula is C17H20N2O3. The molecule has 22 heavy (non-hydrogen) atoms. The molecule has 2 aromatic carbocycles. The summed E-state index contributed by atoms with van der Waals surface area (Å²) in [4.78, 5) is 10.6. The van der Waals surface area contributed by atoms with Gasteiger partial charge in [0.15, 0.2) is 0 Å². The summed E-state index contributed by atoms with van der Waals surface area (Å²) in [5.74, 6) is 0.714. The molecule has 2 aromatic rings. The van der Waals surface area contributed by atoms with Crippen molar-refractivity contribution < 1.29 is 9.66 Å². The van der Waals surface area contributed by atoms with Crippen LogP contribution in [0.15, 0.2) is 42.5 Å². The first-order valence-electron chi connectivity index (χ1n) is 7.33. The number of ether oxygens (including phenoxy) is 1. The maximum absolute atomic E-state index is 11.0. The summed E-state index contributed by atoms with van der Waals surface area (Å²) >= 11 is 0. The number of nitrogens with zero attached hydrogens (tertiary/aromatic N) is 1. The summed E-state index contributed by atoms with van der Waals surface area (Å²) in [6.07, 6.45) is 0.762. The minimum atomic E-state index is -0.461. The van der Waals surface area contributed by atoms with Crippen LogP contribution in [0.4, 0.5) is 5.69 Å². The van der Waals surface area contributed by atoms with Crippen molar-refractivity contribution in [3.05, 3.63) is 69.3 Å². The Morgan fingerprint density at radius 3 is 2.55 bits per heavy atom. The lowest BCUT2D eigenvalue weighted by molar-refractivity contribution is -0.384. The topological polar surface area (TPSA) is 78.4 Å². The zero-order valence-corrected chi connectivity index (χ0v) is 12.8. The van der Waals surface area contributed by atoms with Gasteiger partial charge in [0.25, 0.3) is 5.69 Å². The van der Waals surface area contributed by atoms with Crippen molar-refractivity contribution in [1.82, 2.24) is 0 Å². The Labute approximate surface area is 129 Å². The van der Waals surface area contributed by atoms with Gasteiger partial charge in [-0.25, -0.2) is 0 Å². The second kappa shape index (κ2) is 7.04. The first kappa shape index (κ1) is 16.0. The van der Waals surface area contributed by atoms with Crippen molar-refractivity contribution in [2.24, 2.45) is 5.73 Å². The number of para-hydroxylation sites is 1. The molecule has 116 valence electrons. The highest BCUT2D eigenvalue weighted by atomic mass is 16.6. The van der Waals surface area contributed by atoms with Gasteiger partial charge in [-0.1, -0.05) is 31.2 Å². The first-order valence-corrected chi connectivity index (χ1v) is 7.33. The number of rotatable bonds is 6. The predicted molar refractivity (Wildman–Crippen MR) is 86.1 cm³/mol. The van der Waals surface area contributed by atoms with E-state index in [-0.39, 0.29) is 5.69 Å². The fraction of sp³-hybridized carbons (Fsp3) is 0.294. The van der Waals surface area contributed by atoms with E-state index in [1.807, 2.05) is 38.1 Å². The third-order valence-corrected chi connectivity index (χ3v) is 3.61. The molecule has 1 unspecified atom stereocenters. The smallest absolute Gasteiger partial charge is 0.269 e. The van der Waals surface area contributed by atoms with Crippen LogP contribution in [-0.4, -0.2) is 11.5 Å². The highest BCUT2D eigenvalue weighted by Gasteiger charge is 2.19. The van der Waals surface area contributed by atoms with Gasteiger partial charge in [0, 0.05) is 17.7 Å². The molecule has 0 saturated carbocycles. The van der Waals surface area contributed by atoms with Crippen molar-refractivity contribution in [2.75, 3.05) is 6.61 Å². The third-order valence-electron chi connectivity index (χ3n) is 3.61. The molecule has 2 N–H and O–H groups in total. The second-order valence-electron chi connectivity index (χ2n) is 4.94. The number of nitro benzene ring substituents is 1. The zero-order valence-electron chi connectivity index (χ0n) is 12.8. The maximum Gasteiger partial charge on any atom is 0.269 e. The molecule has 0 aliphatic carbocycles. The molecule has 0 radical (unpaired) electrons. The van der Waals surface area contributed by atoms with Gasteiger partial charge in [0.1, 0.15) is 5.75 Å². The van der Waals surface area contributed by atoms with Crippen LogP contribution in [-0.2, 0) is 6.42 Å². The largest absolute Gasteiger partial charge is 0.494 e. The van der Waals surface area contributed by atoms with Crippen molar-refractivity contribution in [2.45, 2.75) is 26.3 Å². The van der Waals surface area contributed by atoms with Crippen molar-refractivity contribution in [3.63, 3.8) is 0 Å². The number of nitrogens with two attached hydrogens (primary N) is 1. The molecule has 5 heteroatoms. The minimum absolute atomic E-state index is 0.0524. The zero-order chi connectivity index (χ0) is 16.1. The minimum Gasteiger partial charge on any atom is -0.494 e. The number of hydrogen-bond donors (Lipinski definition) is 1. The maximum atomic E-state index is 11.0. The Morgan fingerprint density at radius 1 is 1.18 bits per heavy atom. The lowest BCUT2D eigenvalue weighted by Gasteiger charge is -2.19. The standard InChI is InChI=1S/C17H20N2O3/c1-3-12-9-10-13(19(20)21)11-15(12)17(18)14-7-5-6-8-16(14)22-4-2/h5-11,17H,3-4,18H2,1-2H3. The van der Waals surface area contributed by atoms with Crippen LogP contribution >= 0.6 is 0 Å². The second-order valence-corrected chi connectivity index (χ2v) is 4.94. The highest BCUT2D eigenvalue weighted by Crippen LogP contribution is 2.32. The first-order chi connectivity index (χ1) is 10.6. The molecule has 2 rings (SSSR count). The van der Waals surface area contributed by atoms with Gasteiger partial charge in [0.05, 0.1) is 17.6 Å². The Kier molecular flexibility index (Phi) is 5.12. The van der Waals surface area contributed by atoms with Crippen LogP contribution in [0.5, 0.6) is 5.75 Å². The summed E-state index contributed by atoms with van der Waals surface area (Å²) in [5.41, 5.74) is 9.05. The molecule has 0 aliphatic heterocycles. The monoisotopic (exact) mass is 300 g/mol. The van der Waals surface area contributed by atoms with E-state index in [1.165, 1.54) is 6.07 Å². The molecule has 0 saturated heterocycles. The van der Waals surface area contributed by atoms with E-state index < -0.39 is 11.0 Å². The Morgan fingerprint density at radius 2 is 1.91 bits per heavy atom. The number of non-ortho nitro benzene ring substituents is 1. The summed E-state index contributed by atoms with van der Waals surface area (Å²) < 4.78 is 5.62. The normalized spacial score (nSPS) is 12.0. The number of nitro groups is 1.